The number of sulfonamides is 1. The molecule has 1 fully saturated rings. The number of carbonyl (C=O) groups excluding carboxylic acids is 2. The van der Waals surface area contributed by atoms with Gasteiger partial charge in [-0.2, -0.15) is 4.31 Å². The molecule has 9 heteroatoms. The maximum atomic E-state index is 12.8. The third-order valence-electron chi connectivity index (χ3n) is 3.93. The highest BCUT2D eigenvalue weighted by molar-refractivity contribution is 9.10. The first kappa shape index (κ1) is 21.0. The SMILES string of the molecule is CC(C)(C)C(=O)COC(=O)c1ccc(Br)c(S(=O)(=O)N2CCOCC2)c1. The lowest BCUT2D eigenvalue weighted by atomic mass is 9.91. The minimum atomic E-state index is -3.77. The van der Waals surface area contributed by atoms with Gasteiger partial charge in [-0.1, -0.05) is 20.8 Å². The first-order valence-electron chi connectivity index (χ1n) is 8.11. The van der Waals surface area contributed by atoms with Gasteiger partial charge in [-0.25, -0.2) is 13.2 Å². The summed E-state index contributed by atoms with van der Waals surface area (Å²) in [6.07, 6.45) is 0. The molecule has 144 valence electrons. The van der Waals surface area contributed by atoms with E-state index in [1.165, 1.54) is 22.5 Å². The van der Waals surface area contributed by atoms with Gasteiger partial charge in [-0.3, -0.25) is 4.79 Å². The van der Waals surface area contributed by atoms with E-state index in [4.69, 9.17) is 9.47 Å². The third-order valence-corrected chi connectivity index (χ3v) is 6.82. The highest BCUT2D eigenvalue weighted by atomic mass is 79.9. The molecular formula is C17H22BrNO6S. The molecule has 0 spiro atoms. The van der Waals surface area contributed by atoms with Crippen molar-refractivity contribution in [2.45, 2.75) is 25.7 Å². The van der Waals surface area contributed by atoms with E-state index in [1.807, 2.05) is 0 Å². The quantitative estimate of drug-likeness (QED) is 0.642. The first-order chi connectivity index (χ1) is 12.0. The lowest BCUT2D eigenvalue weighted by Crippen LogP contribution is -2.40. The Morgan fingerprint density at radius 2 is 1.85 bits per heavy atom. The molecule has 0 amide bonds. The zero-order valence-electron chi connectivity index (χ0n) is 15.0. The zero-order chi connectivity index (χ0) is 19.5. The molecule has 7 nitrogen and oxygen atoms in total. The molecule has 0 bridgehead atoms. The third kappa shape index (κ3) is 4.91. The van der Waals surface area contributed by atoms with E-state index in [0.29, 0.717) is 17.7 Å². The van der Waals surface area contributed by atoms with E-state index >= 15 is 0 Å². The Labute approximate surface area is 161 Å². The number of ether oxygens (including phenoxy) is 2. The summed E-state index contributed by atoms with van der Waals surface area (Å²) in [5, 5.41) is 0. The van der Waals surface area contributed by atoms with Crippen molar-refractivity contribution in [2.24, 2.45) is 5.41 Å². The predicted octanol–water partition coefficient (Wildman–Crippen LogP) is 2.24. The van der Waals surface area contributed by atoms with Gasteiger partial charge in [0.25, 0.3) is 0 Å². The summed E-state index contributed by atoms with van der Waals surface area (Å²) < 4.78 is 37.5. The average Bonchev–Trinajstić information content (AvgIpc) is 2.59. The van der Waals surface area contributed by atoms with Crippen molar-refractivity contribution in [3.63, 3.8) is 0 Å². The molecular weight excluding hydrogens is 426 g/mol. The van der Waals surface area contributed by atoms with Crippen molar-refractivity contribution in [3.8, 4) is 0 Å². The molecule has 1 saturated heterocycles. The topological polar surface area (TPSA) is 90.0 Å². The van der Waals surface area contributed by atoms with E-state index in [0.717, 1.165) is 0 Å². The number of morpholine rings is 1. The standard InChI is InChI=1S/C17H22BrNO6S/c1-17(2,3)15(20)11-25-16(21)12-4-5-13(18)14(10-12)26(22,23)19-6-8-24-9-7-19/h4-5,10H,6-9,11H2,1-3H3. The fourth-order valence-electron chi connectivity index (χ4n) is 2.18. The van der Waals surface area contributed by atoms with Gasteiger partial charge in [0, 0.05) is 23.0 Å². The second-order valence-electron chi connectivity index (χ2n) is 6.91. The van der Waals surface area contributed by atoms with Crippen LogP contribution in [0.3, 0.4) is 0 Å². The number of halogens is 1. The highest BCUT2D eigenvalue weighted by Crippen LogP contribution is 2.27. The number of ketones is 1. The largest absolute Gasteiger partial charge is 0.454 e. The summed E-state index contributed by atoms with van der Waals surface area (Å²) in [5.74, 6) is -0.961. The Balaban J connectivity index is 2.21. The van der Waals surface area contributed by atoms with E-state index in [-0.39, 0.29) is 35.9 Å². The van der Waals surface area contributed by atoms with E-state index < -0.39 is 21.4 Å². The number of rotatable bonds is 5. The Hall–Kier alpha value is -1.29. The van der Waals surface area contributed by atoms with Crippen LogP contribution in [-0.2, 0) is 24.3 Å². The normalized spacial score (nSPS) is 16.3. The Bertz CT molecular complexity index is 794. The van der Waals surface area contributed by atoms with Crippen LogP contribution in [0.5, 0.6) is 0 Å². The minimum Gasteiger partial charge on any atom is -0.454 e. The van der Waals surface area contributed by atoms with Crippen molar-refractivity contribution in [1.29, 1.82) is 0 Å². The van der Waals surface area contributed by atoms with E-state index in [2.05, 4.69) is 15.9 Å². The monoisotopic (exact) mass is 447 g/mol. The molecule has 2 rings (SSSR count). The Kier molecular flexibility index (Phi) is 6.60. The van der Waals surface area contributed by atoms with Crippen molar-refractivity contribution in [3.05, 3.63) is 28.2 Å². The Morgan fingerprint density at radius 1 is 1.23 bits per heavy atom. The highest BCUT2D eigenvalue weighted by Gasteiger charge is 2.29. The summed E-state index contributed by atoms with van der Waals surface area (Å²) in [6.45, 7) is 6.00. The van der Waals surface area contributed by atoms with Gasteiger partial charge in [0.2, 0.25) is 10.0 Å². The molecule has 0 aliphatic carbocycles. The summed E-state index contributed by atoms with van der Waals surface area (Å²) in [7, 11) is -3.77. The van der Waals surface area contributed by atoms with Crippen LogP contribution in [0, 0.1) is 5.41 Å². The number of carbonyl (C=O) groups is 2. The number of nitrogens with zero attached hydrogens (tertiary/aromatic N) is 1. The Morgan fingerprint density at radius 3 is 2.42 bits per heavy atom. The van der Waals surface area contributed by atoms with Gasteiger partial charge >= 0.3 is 5.97 Å². The average molecular weight is 448 g/mol. The maximum Gasteiger partial charge on any atom is 0.338 e. The first-order valence-corrected chi connectivity index (χ1v) is 10.3. The number of benzene rings is 1. The van der Waals surface area contributed by atoms with Gasteiger partial charge in [0.15, 0.2) is 12.4 Å². The number of Topliss-reactive ketones (excluding diaryl/α,β-unsaturated/α-hetero) is 1. The lowest BCUT2D eigenvalue weighted by molar-refractivity contribution is -0.129. The molecule has 1 heterocycles. The van der Waals surface area contributed by atoms with Crippen molar-refractivity contribution >= 4 is 37.7 Å². The van der Waals surface area contributed by atoms with Crippen LogP contribution in [0.2, 0.25) is 0 Å². The van der Waals surface area contributed by atoms with Crippen molar-refractivity contribution < 1.29 is 27.5 Å². The molecule has 1 aromatic rings. The zero-order valence-corrected chi connectivity index (χ0v) is 17.4. The fourth-order valence-corrected chi connectivity index (χ4v) is 4.54. The number of hydrogen-bond donors (Lipinski definition) is 0. The van der Waals surface area contributed by atoms with E-state index in [9.17, 15) is 18.0 Å². The van der Waals surface area contributed by atoms with Gasteiger partial charge in [-0.05, 0) is 34.1 Å². The van der Waals surface area contributed by atoms with Gasteiger partial charge < -0.3 is 9.47 Å². The molecule has 1 aliphatic heterocycles. The fraction of sp³-hybridized carbons (Fsp3) is 0.529. The van der Waals surface area contributed by atoms with Crippen LogP contribution in [0.15, 0.2) is 27.6 Å². The smallest absolute Gasteiger partial charge is 0.338 e. The molecule has 0 atom stereocenters. The molecule has 26 heavy (non-hydrogen) atoms. The lowest BCUT2D eigenvalue weighted by Gasteiger charge is -2.26. The van der Waals surface area contributed by atoms with E-state index in [1.54, 1.807) is 20.8 Å². The van der Waals surface area contributed by atoms with Gasteiger partial charge in [0.05, 0.1) is 23.7 Å². The molecule has 1 aromatic carbocycles. The number of hydrogen-bond acceptors (Lipinski definition) is 6. The molecule has 0 aromatic heterocycles. The second kappa shape index (κ2) is 8.16. The van der Waals surface area contributed by atoms with Gasteiger partial charge in [0.1, 0.15) is 0 Å². The molecule has 0 N–H and O–H groups in total. The predicted molar refractivity (Wildman–Crippen MR) is 98.5 cm³/mol. The van der Waals surface area contributed by atoms with Crippen molar-refractivity contribution in [2.75, 3.05) is 32.9 Å². The second-order valence-corrected chi connectivity index (χ2v) is 9.67. The van der Waals surface area contributed by atoms with Crippen LogP contribution < -0.4 is 0 Å². The maximum absolute atomic E-state index is 12.8. The van der Waals surface area contributed by atoms with Crippen LogP contribution in [0.1, 0.15) is 31.1 Å². The van der Waals surface area contributed by atoms with Crippen molar-refractivity contribution in [1.82, 2.24) is 4.31 Å². The summed E-state index contributed by atoms with van der Waals surface area (Å²) in [5.41, 5.74) is -0.549. The summed E-state index contributed by atoms with van der Waals surface area (Å²) in [4.78, 5) is 24.1. The minimum absolute atomic E-state index is 0.0176. The van der Waals surface area contributed by atoms with Crippen LogP contribution in [0.4, 0.5) is 0 Å². The van der Waals surface area contributed by atoms with Crippen LogP contribution in [0.25, 0.3) is 0 Å². The van der Waals surface area contributed by atoms with Crippen LogP contribution >= 0.6 is 15.9 Å². The molecule has 0 radical (unpaired) electrons. The summed E-state index contributed by atoms with van der Waals surface area (Å²) >= 11 is 3.23. The van der Waals surface area contributed by atoms with Crippen LogP contribution in [-0.4, -0.2) is 57.4 Å². The van der Waals surface area contributed by atoms with Gasteiger partial charge in [-0.15, -0.1) is 0 Å². The summed E-state index contributed by atoms with van der Waals surface area (Å²) in [6, 6.07) is 4.20. The molecule has 1 aliphatic rings. The molecule has 0 unspecified atom stereocenters. The molecule has 0 saturated carbocycles. The number of esters is 1.